The molecule has 0 bridgehead atoms. The van der Waals surface area contributed by atoms with Crippen LogP contribution < -0.4 is 5.56 Å². The van der Waals surface area contributed by atoms with Gasteiger partial charge in [0.05, 0.1) is 0 Å². The van der Waals surface area contributed by atoms with Gasteiger partial charge in [-0.15, -0.1) is 0 Å². The van der Waals surface area contributed by atoms with Gasteiger partial charge in [0.25, 0.3) is 17.4 Å². The molecular weight excluding hydrogens is 344 g/mol. The highest BCUT2D eigenvalue weighted by molar-refractivity contribution is 6.30. The smallest absolute Gasteiger partial charge is 0.274 e. The lowest BCUT2D eigenvalue weighted by molar-refractivity contribution is 0.0715. The van der Waals surface area contributed by atoms with E-state index in [9.17, 15) is 14.4 Å². The van der Waals surface area contributed by atoms with Gasteiger partial charge in [0.15, 0.2) is 0 Å². The molecule has 0 radical (unpaired) electrons. The van der Waals surface area contributed by atoms with Crippen LogP contribution in [0.3, 0.4) is 0 Å². The Balaban J connectivity index is 1.67. The number of carbonyl (C=O) groups is 2. The van der Waals surface area contributed by atoms with Gasteiger partial charge in [-0.05, 0) is 30.7 Å². The van der Waals surface area contributed by atoms with Crippen LogP contribution in [-0.2, 0) is 0 Å². The Morgan fingerprint density at radius 2 is 1.72 bits per heavy atom. The van der Waals surface area contributed by atoms with Crippen molar-refractivity contribution in [3.05, 3.63) is 63.0 Å². The minimum atomic E-state index is -0.356. The van der Waals surface area contributed by atoms with Crippen molar-refractivity contribution < 1.29 is 9.59 Å². The number of hydrogen-bond acceptors (Lipinski definition) is 4. The normalized spacial score (nSPS) is 14.9. The number of H-pyrrole nitrogens is 1. The lowest BCUT2D eigenvalue weighted by Crippen LogP contribution is -2.37. The van der Waals surface area contributed by atoms with E-state index in [1.54, 1.807) is 34.1 Å². The van der Waals surface area contributed by atoms with E-state index in [-0.39, 0.29) is 23.1 Å². The molecule has 3 rings (SSSR count). The van der Waals surface area contributed by atoms with Crippen LogP contribution in [0.4, 0.5) is 0 Å². The molecule has 1 aliphatic rings. The number of carbonyl (C=O) groups excluding carboxylic acids is 2. The first kappa shape index (κ1) is 17.2. The maximum Gasteiger partial charge on any atom is 0.274 e. The van der Waals surface area contributed by atoms with Crippen LogP contribution in [-0.4, -0.2) is 58.0 Å². The summed E-state index contributed by atoms with van der Waals surface area (Å²) in [6.45, 7) is 1.93. The van der Waals surface area contributed by atoms with Gasteiger partial charge in [-0.2, -0.15) is 5.10 Å². The molecule has 130 valence electrons. The monoisotopic (exact) mass is 360 g/mol. The first-order valence-corrected chi connectivity index (χ1v) is 8.32. The van der Waals surface area contributed by atoms with Crippen molar-refractivity contribution in [3.63, 3.8) is 0 Å². The molecular formula is C17H17ClN4O3. The van der Waals surface area contributed by atoms with Crippen LogP contribution in [0.5, 0.6) is 0 Å². The van der Waals surface area contributed by atoms with E-state index >= 15 is 0 Å². The van der Waals surface area contributed by atoms with Crippen molar-refractivity contribution in [2.24, 2.45) is 0 Å². The number of aromatic nitrogens is 2. The summed E-state index contributed by atoms with van der Waals surface area (Å²) >= 11 is 5.95. The van der Waals surface area contributed by atoms with Gasteiger partial charge in [0.1, 0.15) is 5.69 Å². The largest absolute Gasteiger partial charge is 0.337 e. The summed E-state index contributed by atoms with van der Waals surface area (Å²) in [4.78, 5) is 39.5. The summed E-state index contributed by atoms with van der Waals surface area (Å²) in [5, 5.41) is 6.55. The molecule has 2 aromatic rings. The predicted octanol–water partition coefficient (Wildman–Crippen LogP) is 1.41. The van der Waals surface area contributed by atoms with Crippen molar-refractivity contribution in [2.75, 3.05) is 26.2 Å². The topological polar surface area (TPSA) is 86.4 Å². The van der Waals surface area contributed by atoms with Gasteiger partial charge in [0.2, 0.25) is 0 Å². The molecule has 2 amide bonds. The molecule has 7 nitrogen and oxygen atoms in total. The van der Waals surface area contributed by atoms with Gasteiger partial charge in [-0.3, -0.25) is 14.4 Å². The summed E-state index contributed by atoms with van der Waals surface area (Å²) in [7, 11) is 0. The van der Waals surface area contributed by atoms with Crippen molar-refractivity contribution >= 4 is 23.4 Å². The Morgan fingerprint density at radius 3 is 2.36 bits per heavy atom. The maximum absolute atomic E-state index is 12.6. The highest BCUT2D eigenvalue weighted by Crippen LogP contribution is 2.15. The molecule has 1 saturated heterocycles. The standard InChI is InChI=1S/C17H17ClN4O3/c18-13-4-1-3-12(11-13)16(24)21-7-2-8-22(10-9-21)17(25)14-5-6-15(23)20-19-14/h1,3-6,11H,2,7-10H2,(H,20,23). The second kappa shape index (κ2) is 7.48. The van der Waals surface area contributed by atoms with Crippen molar-refractivity contribution in [1.29, 1.82) is 0 Å². The fourth-order valence-corrected chi connectivity index (χ4v) is 2.94. The average molecular weight is 361 g/mol. The molecule has 2 heterocycles. The number of hydrogen-bond donors (Lipinski definition) is 1. The van der Waals surface area contributed by atoms with Crippen LogP contribution >= 0.6 is 11.6 Å². The zero-order valence-electron chi connectivity index (χ0n) is 13.4. The third kappa shape index (κ3) is 4.06. The Hall–Kier alpha value is -2.67. The third-order valence-corrected chi connectivity index (χ3v) is 4.28. The minimum absolute atomic E-state index is 0.0982. The van der Waals surface area contributed by atoms with Crippen LogP contribution in [0, 0.1) is 0 Å². The number of nitrogens with one attached hydrogen (secondary N) is 1. The van der Waals surface area contributed by atoms with Crippen LogP contribution in [0.25, 0.3) is 0 Å². The second-order valence-electron chi connectivity index (χ2n) is 5.75. The van der Waals surface area contributed by atoms with Gasteiger partial charge in [-0.1, -0.05) is 17.7 Å². The molecule has 0 atom stereocenters. The van der Waals surface area contributed by atoms with Crippen molar-refractivity contribution in [3.8, 4) is 0 Å². The fourth-order valence-electron chi connectivity index (χ4n) is 2.75. The van der Waals surface area contributed by atoms with E-state index in [1.807, 2.05) is 0 Å². The zero-order chi connectivity index (χ0) is 17.8. The van der Waals surface area contributed by atoms with E-state index < -0.39 is 0 Å². The lowest BCUT2D eigenvalue weighted by Gasteiger charge is -2.22. The molecule has 8 heteroatoms. The first-order chi connectivity index (χ1) is 12.0. The summed E-state index contributed by atoms with van der Waals surface area (Å²) in [6, 6.07) is 9.51. The fraction of sp³-hybridized carbons (Fsp3) is 0.294. The zero-order valence-corrected chi connectivity index (χ0v) is 14.2. The highest BCUT2D eigenvalue weighted by Gasteiger charge is 2.24. The van der Waals surface area contributed by atoms with E-state index in [0.29, 0.717) is 43.2 Å². The third-order valence-electron chi connectivity index (χ3n) is 4.04. The van der Waals surface area contributed by atoms with E-state index in [4.69, 9.17) is 11.6 Å². The van der Waals surface area contributed by atoms with Crippen molar-refractivity contribution in [2.45, 2.75) is 6.42 Å². The number of aromatic amines is 1. The lowest BCUT2D eigenvalue weighted by atomic mass is 10.2. The number of benzene rings is 1. The van der Waals surface area contributed by atoms with E-state index in [1.165, 1.54) is 12.1 Å². The predicted molar refractivity (Wildman–Crippen MR) is 92.7 cm³/mol. The molecule has 1 N–H and O–H groups in total. The van der Waals surface area contributed by atoms with E-state index in [0.717, 1.165) is 0 Å². The summed E-state index contributed by atoms with van der Waals surface area (Å²) in [5.74, 6) is -0.354. The number of halogens is 1. The molecule has 0 unspecified atom stereocenters. The molecule has 0 saturated carbocycles. The van der Waals surface area contributed by atoms with Crippen LogP contribution in [0.1, 0.15) is 27.3 Å². The van der Waals surface area contributed by atoms with Gasteiger partial charge < -0.3 is 9.80 Å². The van der Waals surface area contributed by atoms with Gasteiger partial charge in [0, 0.05) is 42.8 Å². The average Bonchev–Trinajstić information content (AvgIpc) is 2.87. The Labute approximate surface area is 149 Å². The molecule has 1 fully saturated rings. The van der Waals surface area contributed by atoms with E-state index in [2.05, 4.69) is 10.2 Å². The second-order valence-corrected chi connectivity index (χ2v) is 6.19. The number of rotatable bonds is 2. The SMILES string of the molecule is O=C(c1cccc(Cl)c1)N1CCCN(C(=O)c2ccc(=O)[nH]n2)CC1. The Morgan fingerprint density at radius 1 is 1.00 bits per heavy atom. The van der Waals surface area contributed by atoms with Gasteiger partial charge in [-0.25, -0.2) is 5.10 Å². The van der Waals surface area contributed by atoms with Gasteiger partial charge >= 0.3 is 0 Å². The Kier molecular flexibility index (Phi) is 5.14. The molecule has 1 aliphatic heterocycles. The quantitative estimate of drug-likeness (QED) is 0.877. The minimum Gasteiger partial charge on any atom is -0.337 e. The first-order valence-electron chi connectivity index (χ1n) is 7.94. The highest BCUT2D eigenvalue weighted by atomic mass is 35.5. The molecule has 25 heavy (non-hydrogen) atoms. The summed E-state index contributed by atoms with van der Waals surface area (Å²) in [6.07, 6.45) is 0.668. The summed E-state index contributed by atoms with van der Waals surface area (Å²) in [5.41, 5.74) is 0.370. The molecule has 1 aromatic carbocycles. The number of amides is 2. The van der Waals surface area contributed by atoms with Crippen LogP contribution in [0.15, 0.2) is 41.2 Å². The molecule has 1 aromatic heterocycles. The maximum atomic E-state index is 12.6. The van der Waals surface area contributed by atoms with Crippen LogP contribution in [0.2, 0.25) is 5.02 Å². The Bertz CT molecular complexity index is 831. The molecule has 0 spiro atoms. The molecule has 0 aliphatic carbocycles. The number of nitrogens with zero attached hydrogens (tertiary/aromatic N) is 3. The van der Waals surface area contributed by atoms with Crippen molar-refractivity contribution in [1.82, 2.24) is 20.0 Å². The summed E-state index contributed by atoms with van der Waals surface area (Å²) < 4.78 is 0.